The first-order valence-corrected chi connectivity index (χ1v) is 7.39. The predicted octanol–water partition coefficient (Wildman–Crippen LogP) is 2.71. The fourth-order valence-electron chi connectivity index (χ4n) is 2.39. The maximum atomic E-state index is 6.02. The molecule has 0 bridgehead atoms. The van der Waals surface area contributed by atoms with Gasteiger partial charge in [0.2, 0.25) is 0 Å². The number of morpholine rings is 1. The first-order chi connectivity index (χ1) is 9.19. The molecule has 1 saturated heterocycles. The highest BCUT2D eigenvalue weighted by atomic mass is 35.5. The summed E-state index contributed by atoms with van der Waals surface area (Å²) >= 11 is 6.02. The molecule has 2 rings (SSSR count). The molecule has 1 aromatic carbocycles. The van der Waals surface area contributed by atoms with Gasteiger partial charge in [0.25, 0.3) is 0 Å². The molecule has 0 radical (unpaired) electrons. The van der Waals surface area contributed by atoms with Gasteiger partial charge >= 0.3 is 0 Å². The summed E-state index contributed by atoms with van der Waals surface area (Å²) in [5, 5.41) is 4.32. The zero-order valence-electron chi connectivity index (χ0n) is 11.7. The van der Waals surface area contributed by atoms with Crippen molar-refractivity contribution in [2.75, 3.05) is 32.8 Å². The van der Waals surface area contributed by atoms with E-state index in [2.05, 4.69) is 30.1 Å². The molecule has 1 N–H and O–H groups in total. The maximum Gasteiger partial charge on any atom is 0.0826 e. The first kappa shape index (κ1) is 14.8. The van der Waals surface area contributed by atoms with E-state index in [-0.39, 0.29) is 6.10 Å². The fourth-order valence-corrected chi connectivity index (χ4v) is 2.59. The number of nitrogens with zero attached hydrogens (tertiary/aromatic N) is 1. The summed E-state index contributed by atoms with van der Waals surface area (Å²) in [6.45, 7) is 9.25. The van der Waals surface area contributed by atoms with Gasteiger partial charge < -0.3 is 10.1 Å². The zero-order chi connectivity index (χ0) is 13.7. The number of ether oxygens (including phenoxy) is 1. The van der Waals surface area contributed by atoms with Gasteiger partial charge in [-0.25, -0.2) is 0 Å². The van der Waals surface area contributed by atoms with Crippen molar-refractivity contribution < 1.29 is 4.74 Å². The molecule has 0 saturated carbocycles. The molecule has 0 aromatic heterocycles. The fraction of sp³-hybridized carbons (Fsp3) is 0.600. The lowest BCUT2D eigenvalue weighted by Crippen LogP contribution is -2.46. The molecular weight excluding hydrogens is 260 g/mol. The Morgan fingerprint density at radius 1 is 1.53 bits per heavy atom. The third-order valence-electron chi connectivity index (χ3n) is 3.67. The highest BCUT2D eigenvalue weighted by Gasteiger charge is 2.19. The highest BCUT2D eigenvalue weighted by molar-refractivity contribution is 6.30. The van der Waals surface area contributed by atoms with Crippen LogP contribution in [0.15, 0.2) is 24.3 Å². The van der Waals surface area contributed by atoms with Crippen LogP contribution in [0.3, 0.4) is 0 Å². The summed E-state index contributed by atoms with van der Waals surface area (Å²) in [4.78, 5) is 2.43. The Bertz CT molecular complexity index is 399. The van der Waals surface area contributed by atoms with E-state index < -0.39 is 0 Å². The maximum absolute atomic E-state index is 6.02. The molecule has 0 aliphatic carbocycles. The van der Waals surface area contributed by atoms with Crippen molar-refractivity contribution in [3.63, 3.8) is 0 Å². The minimum Gasteiger partial charge on any atom is -0.374 e. The van der Waals surface area contributed by atoms with Gasteiger partial charge in [0.1, 0.15) is 0 Å². The van der Waals surface area contributed by atoms with E-state index in [1.54, 1.807) is 0 Å². The average molecular weight is 283 g/mol. The van der Waals surface area contributed by atoms with Crippen molar-refractivity contribution in [3.8, 4) is 0 Å². The van der Waals surface area contributed by atoms with E-state index in [4.69, 9.17) is 16.3 Å². The third kappa shape index (κ3) is 4.46. The molecule has 1 aliphatic heterocycles. The van der Waals surface area contributed by atoms with Crippen LogP contribution < -0.4 is 5.32 Å². The van der Waals surface area contributed by atoms with E-state index in [1.165, 1.54) is 5.56 Å². The second kappa shape index (κ2) is 7.25. The number of hydrogen-bond donors (Lipinski definition) is 1. The van der Waals surface area contributed by atoms with Gasteiger partial charge in [-0.2, -0.15) is 0 Å². The van der Waals surface area contributed by atoms with E-state index in [0.717, 1.165) is 37.8 Å². The van der Waals surface area contributed by atoms with E-state index in [0.29, 0.717) is 6.04 Å². The monoisotopic (exact) mass is 282 g/mol. The second-order valence-electron chi connectivity index (χ2n) is 5.07. The molecule has 1 fully saturated rings. The average Bonchev–Trinajstić information content (AvgIpc) is 2.45. The van der Waals surface area contributed by atoms with Crippen LogP contribution >= 0.6 is 11.6 Å². The van der Waals surface area contributed by atoms with Crippen LogP contribution in [-0.2, 0) is 4.74 Å². The Morgan fingerprint density at radius 2 is 2.37 bits per heavy atom. The molecule has 0 amide bonds. The van der Waals surface area contributed by atoms with Gasteiger partial charge in [0.15, 0.2) is 0 Å². The molecule has 2 unspecified atom stereocenters. The van der Waals surface area contributed by atoms with Crippen LogP contribution in [0.25, 0.3) is 0 Å². The van der Waals surface area contributed by atoms with Crippen molar-refractivity contribution in [1.82, 2.24) is 10.2 Å². The van der Waals surface area contributed by atoms with Crippen LogP contribution in [0.1, 0.15) is 25.5 Å². The number of likely N-dealkylation sites (N-methyl/N-ethyl adjacent to an activating group) is 1. The Balaban J connectivity index is 1.81. The molecule has 19 heavy (non-hydrogen) atoms. The second-order valence-corrected chi connectivity index (χ2v) is 5.51. The van der Waals surface area contributed by atoms with E-state index in [1.807, 2.05) is 18.2 Å². The molecule has 1 heterocycles. The normalized spacial score (nSPS) is 22.4. The van der Waals surface area contributed by atoms with Crippen molar-refractivity contribution in [3.05, 3.63) is 34.9 Å². The number of nitrogens with one attached hydrogen (secondary N) is 1. The first-order valence-electron chi connectivity index (χ1n) is 7.02. The molecule has 2 atom stereocenters. The topological polar surface area (TPSA) is 24.5 Å². The number of benzene rings is 1. The van der Waals surface area contributed by atoms with Crippen molar-refractivity contribution in [2.45, 2.75) is 26.0 Å². The van der Waals surface area contributed by atoms with Crippen LogP contribution in [0, 0.1) is 0 Å². The summed E-state index contributed by atoms with van der Waals surface area (Å²) in [7, 11) is 0. The van der Waals surface area contributed by atoms with Crippen molar-refractivity contribution in [2.24, 2.45) is 0 Å². The zero-order valence-corrected chi connectivity index (χ0v) is 12.5. The van der Waals surface area contributed by atoms with Gasteiger partial charge in [-0.15, -0.1) is 0 Å². The van der Waals surface area contributed by atoms with Crippen LogP contribution in [0.4, 0.5) is 0 Å². The molecular formula is C15H23ClN2O. The van der Waals surface area contributed by atoms with Crippen molar-refractivity contribution >= 4 is 11.6 Å². The summed E-state index contributed by atoms with van der Waals surface area (Å²) in [6.07, 6.45) is 0.287. The Hall–Kier alpha value is -0.610. The van der Waals surface area contributed by atoms with Crippen LogP contribution in [0.2, 0.25) is 5.02 Å². The lowest BCUT2D eigenvalue weighted by molar-refractivity contribution is -0.0261. The van der Waals surface area contributed by atoms with Gasteiger partial charge in [0, 0.05) is 30.7 Å². The molecule has 3 nitrogen and oxygen atoms in total. The summed E-state index contributed by atoms with van der Waals surface area (Å²) in [5.41, 5.74) is 1.22. The van der Waals surface area contributed by atoms with Crippen LogP contribution in [-0.4, -0.2) is 43.8 Å². The van der Waals surface area contributed by atoms with Crippen LogP contribution in [0.5, 0.6) is 0 Å². The largest absolute Gasteiger partial charge is 0.374 e. The molecule has 1 aromatic rings. The minimum absolute atomic E-state index is 0.287. The Morgan fingerprint density at radius 3 is 3.11 bits per heavy atom. The molecule has 0 spiro atoms. The predicted molar refractivity (Wildman–Crippen MR) is 79.7 cm³/mol. The standard InChI is InChI=1S/C15H23ClN2O/c1-3-18-7-8-19-15(11-18)10-17-12(2)13-5-4-6-14(16)9-13/h4-6,9,12,15,17H,3,7-8,10-11H2,1-2H3. The summed E-state index contributed by atoms with van der Waals surface area (Å²) in [5.74, 6) is 0. The van der Waals surface area contributed by atoms with E-state index >= 15 is 0 Å². The van der Waals surface area contributed by atoms with Gasteiger partial charge in [0.05, 0.1) is 12.7 Å². The summed E-state index contributed by atoms with van der Waals surface area (Å²) in [6, 6.07) is 8.30. The highest BCUT2D eigenvalue weighted by Crippen LogP contribution is 2.17. The lowest BCUT2D eigenvalue weighted by atomic mass is 10.1. The quantitative estimate of drug-likeness (QED) is 0.899. The molecule has 106 valence electrons. The smallest absolute Gasteiger partial charge is 0.0826 e. The third-order valence-corrected chi connectivity index (χ3v) is 3.91. The summed E-state index contributed by atoms with van der Waals surface area (Å²) < 4.78 is 5.79. The SMILES string of the molecule is CCN1CCOC(CNC(C)c2cccc(Cl)c2)C1. The number of halogens is 1. The Kier molecular flexibility index (Phi) is 5.64. The molecule has 1 aliphatic rings. The van der Waals surface area contributed by atoms with Gasteiger partial charge in [-0.3, -0.25) is 4.90 Å². The van der Waals surface area contributed by atoms with E-state index in [9.17, 15) is 0 Å². The minimum atomic E-state index is 0.287. The number of rotatable bonds is 5. The molecule has 4 heteroatoms. The van der Waals surface area contributed by atoms with Crippen molar-refractivity contribution in [1.29, 1.82) is 0 Å². The van der Waals surface area contributed by atoms with Gasteiger partial charge in [-0.1, -0.05) is 30.7 Å². The Labute approximate surface area is 120 Å². The van der Waals surface area contributed by atoms with Gasteiger partial charge in [-0.05, 0) is 31.2 Å². The number of hydrogen-bond acceptors (Lipinski definition) is 3. The lowest BCUT2D eigenvalue weighted by Gasteiger charge is -2.32.